The van der Waals surface area contributed by atoms with Gasteiger partial charge < -0.3 is 4.74 Å². The summed E-state index contributed by atoms with van der Waals surface area (Å²) in [5.74, 6) is 0.0326. The van der Waals surface area contributed by atoms with E-state index in [1.165, 1.54) is 18.5 Å². The summed E-state index contributed by atoms with van der Waals surface area (Å²) in [7, 11) is -0.683. The van der Waals surface area contributed by atoms with Gasteiger partial charge in [-0.25, -0.2) is 9.82 Å². The van der Waals surface area contributed by atoms with Crippen LogP contribution >= 0.6 is 0 Å². The second kappa shape index (κ2) is 5.82. The fourth-order valence-electron chi connectivity index (χ4n) is 1.08. The molecular weight excluding hydrogens is 246 g/mol. The van der Waals surface area contributed by atoms with Gasteiger partial charge in [0.2, 0.25) is 5.95 Å². The van der Waals surface area contributed by atoms with Gasteiger partial charge in [0.05, 0.1) is 7.11 Å². The Morgan fingerprint density at radius 3 is 2.76 bits per heavy atom. The number of methoxy groups -OCH3 is 1. The maximum atomic E-state index is 11.8. The van der Waals surface area contributed by atoms with Gasteiger partial charge in [-0.1, -0.05) is 13.3 Å². The maximum Gasteiger partial charge on any atom is 0.336 e. The van der Waals surface area contributed by atoms with Crippen LogP contribution in [0.25, 0.3) is 0 Å². The number of hydrogen-bond donors (Lipinski definition) is 2. The largest absolute Gasteiger partial charge is 0.466 e. The van der Waals surface area contributed by atoms with Crippen LogP contribution in [0.4, 0.5) is 5.95 Å². The van der Waals surface area contributed by atoms with E-state index in [9.17, 15) is 8.42 Å². The lowest BCUT2D eigenvalue weighted by molar-refractivity contribution is 0.382. The third-order valence-electron chi connectivity index (χ3n) is 2.11. The van der Waals surface area contributed by atoms with Crippen molar-refractivity contribution in [2.45, 2.75) is 19.8 Å². The minimum atomic E-state index is -3.59. The number of nitrogens with zero attached hydrogens (tertiary/aromatic N) is 3. The predicted molar refractivity (Wildman–Crippen MR) is 63.0 cm³/mol. The minimum Gasteiger partial charge on any atom is -0.466 e. The first-order valence-electron chi connectivity index (χ1n) is 5.20. The van der Waals surface area contributed by atoms with Gasteiger partial charge in [-0.05, 0) is 6.42 Å². The number of H-pyrrole nitrogens is 1. The zero-order valence-corrected chi connectivity index (χ0v) is 10.9. The first kappa shape index (κ1) is 13.7. The standard InChI is InChI=1S/C8H17N5O3S/c1-4-5-6-13(2)17(14,15)12-7-9-8(16-3)11-10-7/h4-6H2,1-3H3,(H2,9,10,11,12). The molecule has 0 aliphatic rings. The minimum absolute atomic E-state index is 0.0326. The molecule has 0 aromatic carbocycles. The Morgan fingerprint density at radius 1 is 1.53 bits per heavy atom. The van der Waals surface area contributed by atoms with E-state index in [0.29, 0.717) is 6.54 Å². The lowest BCUT2D eigenvalue weighted by atomic mass is 10.3. The number of aromatic nitrogens is 3. The molecule has 8 nitrogen and oxygen atoms in total. The average molecular weight is 263 g/mol. The molecule has 0 aliphatic heterocycles. The molecule has 98 valence electrons. The van der Waals surface area contributed by atoms with Crippen molar-refractivity contribution in [3.05, 3.63) is 0 Å². The van der Waals surface area contributed by atoms with E-state index in [4.69, 9.17) is 4.74 Å². The molecule has 1 aromatic rings. The molecule has 0 saturated heterocycles. The van der Waals surface area contributed by atoms with Crippen molar-refractivity contribution in [3.63, 3.8) is 0 Å². The Balaban J connectivity index is 2.65. The van der Waals surface area contributed by atoms with Crippen LogP contribution in [0.1, 0.15) is 19.8 Å². The van der Waals surface area contributed by atoms with Gasteiger partial charge in [0.15, 0.2) is 0 Å². The molecule has 1 rings (SSSR count). The van der Waals surface area contributed by atoms with Crippen LogP contribution in [0.2, 0.25) is 0 Å². The van der Waals surface area contributed by atoms with E-state index < -0.39 is 10.2 Å². The van der Waals surface area contributed by atoms with Crippen molar-refractivity contribution in [3.8, 4) is 6.01 Å². The summed E-state index contributed by atoms with van der Waals surface area (Å²) in [6, 6.07) is 0.0823. The summed E-state index contributed by atoms with van der Waals surface area (Å²) < 4.78 is 31.8. The number of rotatable bonds is 7. The topological polar surface area (TPSA) is 100 Å². The smallest absolute Gasteiger partial charge is 0.336 e. The monoisotopic (exact) mass is 263 g/mol. The zero-order valence-electron chi connectivity index (χ0n) is 10.1. The molecule has 0 saturated carbocycles. The van der Waals surface area contributed by atoms with E-state index in [1.54, 1.807) is 0 Å². The lowest BCUT2D eigenvalue weighted by Gasteiger charge is -2.16. The van der Waals surface area contributed by atoms with Crippen LogP contribution < -0.4 is 9.46 Å². The number of aromatic amines is 1. The average Bonchev–Trinajstić information content (AvgIpc) is 2.72. The molecule has 0 radical (unpaired) electrons. The van der Waals surface area contributed by atoms with Gasteiger partial charge in [-0.15, -0.1) is 5.10 Å². The molecule has 0 aliphatic carbocycles. The van der Waals surface area contributed by atoms with Gasteiger partial charge in [-0.3, -0.25) is 0 Å². The molecule has 0 atom stereocenters. The van der Waals surface area contributed by atoms with Crippen LogP contribution in [-0.2, 0) is 10.2 Å². The molecule has 1 heterocycles. The highest BCUT2D eigenvalue weighted by Gasteiger charge is 2.18. The fraction of sp³-hybridized carbons (Fsp3) is 0.750. The maximum absolute atomic E-state index is 11.8. The highest BCUT2D eigenvalue weighted by molar-refractivity contribution is 7.90. The summed E-state index contributed by atoms with van der Waals surface area (Å²) in [6.07, 6.45) is 1.73. The van der Waals surface area contributed by atoms with Crippen molar-refractivity contribution < 1.29 is 13.2 Å². The summed E-state index contributed by atoms with van der Waals surface area (Å²) in [5.41, 5.74) is 0. The molecule has 9 heteroatoms. The van der Waals surface area contributed by atoms with Crippen LogP contribution in [-0.4, -0.2) is 48.6 Å². The number of unbranched alkanes of at least 4 members (excludes halogenated alkanes) is 1. The fourth-order valence-corrected chi connectivity index (χ4v) is 1.95. The normalized spacial score (nSPS) is 11.8. The SMILES string of the molecule is CCCCN(C)S(=O)(=O)Nc1nc(OC)n[nH]1. The van der Waals surface area contributed by atoms with Crippen molar-refractivity contribution in [1.82, 2.24) is 19.5 Å². The van der Waals surface area contributed by atoms with Crippen LogP contribution in [0, 0.1) is 0 Å². The Labute approximate surface area is 101 Å². The quantitative estimate of drug-likeness (QED) is 0.732. The highest BCUT2D eigenvalue weighted by atomic mass is 32.2. The third-order valence-corrected chi connectivity index (χ3v) is 3.56. The third kappa shape index (κ3) is 3.86. The van der Waals surface area contributed by atoms with Gasteiger partial charge in [0.1, 0.15) is 0 Å². The molecule has 17 heavy (non-hydrogen) atoms. The molecule has 0 unspecified atom stereocenters. The van der Waals surface area contributed by atoms with Crippen molar-refractivity contribution in [2.75, 3.05) is 25.4 Å². The number of anilines is 1. The number of ether oxygens (including phenoxy) is 1. The first-order chi connectivity index (χ1) is 7.99. The molecule has 1 aromatic heterocycles. The summed E-state index contributed by atoms with van der Waals surface area (Å²) >= 11 is 0. The van der Waals surface area contributed by atoms with E-state index in [-0.39, 0.29) is 12.0 Å². The molecule has 0 bridgehead atoms. The molecule has 2 N–H and O–H groups in total. The molecule has 0 fully saturated rings. The lowest BCUT2D eigenvalue weighted by Crippen LogP contribution is -2.33. The van der Waals surface area contributed by atoms with Crippen molar-refractivity contribution in [2.24, 2.45) is 0 Å². The van der Waals surface area contributed by atoms with Crippen LogP contribution in [0.5, 0.6) is 6.01 Å². The van der Waals surface area contributed by atoms with E-state index in [2.05, 4.69) is 19.9 Å². The van der Waals surface area contributed by atoms with Crippen LogP contribution in [0.3, 0.4) is 0 Å². The zero-order chi connectivity index (χ0) is 12.9. The van der Waals surface area contributed by atoms with Gasteiger partial charge in [-0.2, -0.15) is 17.7 Å². The summed E-state index contributed by atoms with van der Waals surface area (Å²) in [5, 5.41) is 6.06. The number of nitrogens with one attached hydrogen (secondary N) is 2. The second-order valence-electron chi connectivity index (χ2n) is 3.45. The summed E-state index contributed by atoms with van der Waals surface area (Å²) in [6.45, 7) is 2.45. The Hall–Kier alpha value is -1.35. The van der Waals surface area contributed by atoms with E-state index in [1.807, 2.05) is 6.92 Å². The molecule has 0 spiro atoms. The Kier molecular flexibility index (Phi) is 4.70. The molecule has 0 amide bonds. The molecular formula is C8H17N5O3S. The van der Waals surface area contributed by atoms with E-state index in [0.717, 1.165) is 12.8 Å². The van der Waals surface area contributed by atoms with Crippen molar-refractivity contribution in [1.29, 1.82) is 0 Å². The number of hydrogen-bond acceptors (Lipinski definition) is 5. The summed E-state index contributed by atoms with van der Waals surface area (Å²) in [4.78, 5) is 3.77. The van der Waals surface area contributed by atoms with Gasteiger partial charge >= 0.3 is 16.2 Å². The Bertz CT molecular complexity index is 444. The van der Waals surface area contributed by atoms with E-state index >= 15 is 0 Å². The predicted octanol–water partition coefficient (Wildman–Crippen LogP) is 0.202. The van der Waals surface area contributed by atoms with Crippen molar-refractivity contribution >= 4 is 16.2 Å². The Morgan fingerprint density at radius 2 is 2.24 bits per heavy atom. The van der Waals surface area contributed by atoms with Gasteiger partial charge in [0, 0.05) is 13.6 Å². The first-order valence-corrected chi connectivity index (χ1v) is 6.64. The second-order valence-corrected chi connectivity index (χ2v) is 5.23. The van der Waals surface area contributed by atoms with Gasteiger partial charge in [0.25, 0.3) is 0 Å². The highest BCUT2D eigenvalue weighted by Crippen LogP contribution is 2.08. The van der Waals surface area contributed by atoms with Crippen LogP contribution in [0.15, 0.2) is 0 Å².